The van der Waals surface area contributed by atoms with Crippen LogP contribution in [0, 0.1) is 0 Å². The molecule has 0 bridgehead atoms. The SMILES string of the molecule is C=CCn1c[n+](CC=C)cc1C(C)CC. The first-order valence-electron chi connectivity index (χ1n) is 5.53. The molecule has 1 heterocycles. The van der Waals surface area contributed by atoms with Crippen LogP contribution in [0.3, 0.4) is 0 Å². The van der Waals surface area contributed by atoms with Crippen LogP contribution in [0.4, 0.5) is 0 Å². The lowest BCUT2D eigenvalue weighted by Crippen LogP contribution is -2.29. The summed E-state index contributed by atoms with van der Waals surface area (Å²) >= 11 is 0. The van der Waals surface area contributed by atoms with Crippen LogP contribution in [0.2, 0.25) is 0 Å². The molecule has 1 atom stereocenters. The molecule has 15 heavy (non-hydrogen) atoms. The minimum absolute atomic E-state index is 0.594. The van der Waals surface area contributed by atoms with E-state index in [1.165, 1.54) is 5.69 Å². The highest BCUT2D eigenvalue weighted by atomic mass is 15.1. The van der Waals surface area contributed by atoms with Gasteiger partial charge in [-0.25, -0.2) is 9.13 Å². The number of rotatable bonds is 6. The largest absolute Gasteiger partial charge is 0.244 e. The van der Waals surface area contributed by atoms with Crippen LogP contribution in [-0.2, 0) is 13.1 Å². The third-order valence-corrected chi connectivity index (χ3v) is 2.70. The minimum atomic E-state index is 0.594. The fraction of sp³-hybridized carbons (Fsp3) is 0.462. The third kappa shape index (κ3) is 2.82. The molecule has 0 aliphatic heterocycles. The predicted molar refractivity (Wildman–Crippen MR) is 63.7 cm³/mol. The van der Waals surface area contributed by atoms with E-state index < -0.39 is 0 Å². The molecule has 1 unspecified atom stereocenters. The predicted octanol–water partition coefficient (Wildman–Crippen LogP) is 2.66. The Morgan fingerprint density at radius 2 is 2.20 bits per heavy atom. The quantitative estimate of drug-likeness (QED) is 0.499. The summed E-state index contributed by atoms with van der Waals surface area (Å²) in [7, 11) is 0. The summed E-state index contributed by atoms with van der Waals surface area (Å²) < 4.78 is 4.42. The van der Waals surface area contributed by atoms with Crippen molar-refractivity contribution in [2.24, 2.45) is 0 Å². The lowest BCUT2D eigenvalue weighted by Gasteiger charge is -2.04. The van der Waals surface area contributed by atoms with E-state index in [2.05, 4.69) is 48.7 Å². The zero-order chi connectivity index (χ0) is 11.3. The van der Waals surface area contributed by atoms with Crippen LogP contribution >= 0.6 is 0 Å². The van der Waals surface area contributed by atoms with Gasteiger partial charge >= 0.3 is 0 Å². The van der Waals surface area contributed by atoms with Gasteiger partial charge in [0.25, 0.3) is 0 Å². The Balaban J connectivity index is 2.98. The Bertz CT molecular complexity index is 336. The van der Waals surface area contributed by atoms with E-state index >= 15 is 0 Å². The first-order chi connectivity index (χ1) is 7.22. The zero-order valence-electron chi connectivity index (χ0n) is 9.82. The lowest BCUT2D eigenvalue weighted by atomic mass is 10.1. The van der Waals surface area contributed by atoms with Gasteiger partial charge in [-0.2, -0.15) is 0 Å². The average Bonchev–Trinajstić information content (AvgIpc) is 2.61. The van der Waals surface area contributed by atoms with Crippen molar-refractivity contribution >= 4 is 0 Å². The van der Waals surface area contributed by atoms with Crippen molar-refractivity contribution in [2.75, 3.05) is 0 Å². The highest BCUT2D eigenvalue weighted by Crippen LogP contribution is 2.17. The van der Waals surface area contributed by atoms with Gasteiger partial charge in [-0.05, 0) is 6.42 Å². The Hall–Kier alpha value is -1.31. The van der Waals surface area contributed by atoms with E-state index in [1.807, 2.05) is 12.2 Å². The molecule has 2 heteroatoms. The minimum Gasteiger partial charge on any atom is -0.233 e. The molecule has 0 spiro atoms. The molecule has 0 saturated carbocycles. The number of aromatic nitrogens is 2. The highest BCUT2D eigenvalue weighted by molar-refractivity contribution is 5.02. The lowest BCUT2D eigenvalue weighted by molar-refractivity contribution is -0.686. The topological polar surface area (TPSA) is 8.81 Å². The number of nitrogens with zero attached hydrogens (tertiary/aromatic N) is 2. The van der Waals surface area contributed by atoms with Crippen molar-refractivity contribution in [1.82, 2.24) is 4.57 Å². The first kappa shape index (κ1) is 11.8. The molecule has 1 rings (SSSR count). The molecule has 0 aliphatic rings. The second kappa shape index (κ2) is 5.54. The highest BCUT2D eigenvalue weighted by Gasteiger charge is 2.16. The van der Waals surface area contributed by atoms with Gasteiger partial charge in [0.1, 0.15) is 25.0 Å². The van der Waals surface area contributed by atoms with E-state index in [-0.39, 0.29) is 0 Å². The summed E-state index contributed by atoms with van der Waals surface area (Å²) in [6, 6.07) is 0. The van der Waals surface area contributed by atoms with Gasteiger partial charge in [-0.1, -0.05) is 39.2 Å². The van der Waals surface area contributed by atoms with Gasteiger partial charge in [0.15, 0.2) is 0 Å². The van der Waals surface area contributed by atoms with Crippen molar-refractivity contribution in [1.29, 1.82) is 0 Å². The van der Waals surface area contributed by atoms with Gasteiger partial charge in [0.05, 0.1) is 0 Å². The molecule has 82 valence electrons. The molecule has 1 aromatic rings. The van der Waals surface area contributed by atoms with Crippen molar-refractivity contribution in [3.8, 4) is 0 Å². The molecular weight excluding hydrogens is 184 g/mol. The molecule has 0 fully saturated rings. The Labute approximate surface area is 92.6 Å². The Morgan fingerprint density at radius 3 is 2.73 bits per heavy atom. The molecule has 0 aromatic carbocycles. The van der Waals surface area contributed by atoms with Crippen LogP contribution in [0.25, 0.3) is 0 Å². The van der Waals surface area contributed by atoms with Crippen molar-refractivity contribution < 1.29 is 4.57 Å². The Kier molecular flexibility index (Phi) is 4.35. The summed E-state index contributed by atoms with van der Waals surface area (Å²) in [6.07, 6.45) is 9.35. The molecule has 0 N–H and O–H groups in total. The number of allylic oxidation sites excluding steroid dienone is 2. The first-order valence-corrected chi connectivity index (χ1v) is 5.53. The molecule has 0 radical (unpaired) electrons. The van der Waals surface area contributed by atoms with Crippen LogP contribution in [0.5, 0.6) is 0 Å². The summed E-state index contributed by atoms with van der Waals surface area (Å²) in [4.78, 5) is 0. The van der Waals surface area contributed by atoms with Crippen LogP contribution in [0.1, 0.15) is 31.9 Å². The molecular formula is C13H21N2+. The molecule has 0 saturated heterocycles. The standard InChI is InChI=1S/C13H21N2/c1-5-8-14-10-13(12(4)7-3)15(11-14)9-6-2/h5-6,10-12H,1-2,7-9H2,3-4H3/q+1. The number of imidazole rings is 1. The van der Waals surface area contributed by atoms with E-state index in [0.29, 0.717) is 5.92 Å². The number of hydrogen-bond acceptors (Lipinski definition) is 0. The fourth-order valence-electron chi connectivity index (χ4n) is 1.68. The Morgan fingerprint density at radius 1 is 1.47 bits per heavy atom. The maximum Gasteiger partial charge on any atom is 0.244 e. The van der Waals surface area contributed by atoms with E-state index in [4.69, 9.17) is 0 Å². The van der Waals surface area contributed by atoms with Gasteiger partial charge < -0.3 is 0 Å². The van der Waals surface area contributed by atoms with Gasteiger partial charge in [0.2, 0.25) is 6.33 Å². The molecule has 0 aliphatic carbocycles. The molecule has 1 aromatic heterocycles. The van der Waals surface area contributed by atoms with E-state index in [0.717, 1.165) is 19.5 Å². The van der Waals surface area contributed by atoms with Crippen molar-refractivity contribution in [3.05, 3.63) is 43.5 Å². The maximum absolute atomic E-state index is 3.79. The second-order valence-electron chi connectivity index (χ2n) is 3.91. The monoisotopic (exact) mass is 205 g/mol. The maximum atomic E-state index is 3.79. The summed E-state index contributed by atoms with van der Waals surface area (Å²) in [5.74, 6) is 0.594. The van der Waals surface area contributed by atoms with E-state index in [9.17, 15) is 0 Å². The van der Waals surface area contributed by atoms with E-state index in [1.54, 1.807) is 0 Å². The normalized spacial score (nSPS) is 12.4. The smallest absolute Gasteiger partial charge is 0.233 e. The van der Waals surface area contributed by atoms with Crippen LogP contribution < -0.4 is 4.57 Å². The second-order valence-corrected chi connectivity index (χ2v) is 3.91. The summed E-state index contributed by atoms with van der Waals surface area (Å²) in [5.41, 5.74) is 1.37. The molecule has 0 amide bonds. The average molecular weight is 205 g/mol. The fourth-order valence-corrected chi connectivity index (χ4v) is 1.68. The van der Waals surface area contributed by atoms with Gasteiger partial charge in [-0.15, -0.1) is 0 Å². The van der Waals surface area contributed by atoms with Gasteiger partial charge in [0, 0.05) is 5.92 Å². The van der Waals surface area contributed by atoms with Crippen LogP contribution in [-0.4, -0.2) is 4.57 Å². The molecule has 2 nitrogen and oxygen atoms in total. The zero-order valence-corrected chi connectivity index (χ0v) is 9.82. The van der Waals surface area contributed by atoms with Crippen molar-refractivity contribution in [2.45, 2.75) is 39.3 Å². The van der Waals surface area contributed by atoms with Gasteiger partial charge in [-0.3, -0.25) is 0 Å². The third-order valence-electron chi connectivity index (χ3n) is 2.70. The summed E-state index contributed by atoms with van der Waals surface area (Å²) in [5, 5.41) is 0. The number of hydrogen-bond donors (Lipinski definition) is 0. The van der Waals surface area contributed by atoms with Crippen molar-refractivity contribution in [3.63, 3.8) is 0 Å². The van der Waals surface area contributed by atoms with Crippen LogP contribution in [0.15, 0.2) is 37.8 Å². The summed E-state index contributed by atoms with van der Waals surface area (Å²) in [6.45, 7) is 13.8.